The van der Waals surface area contributed by atoms with Crippen LogP contribution in [0.4, 0.5) is 0 Å². The van der Waals surface area contributed by atoms with E-state index in [9.17, 15) is 4.79 Å². The molecule has 0 aliphatic carbocycles. The number of hydrogen-bond acceptors (Lipinski definition) is 1. The Balaban J connectivity index is 2.94. The number of aliphatic carboxylic acids is 1. The van der Waals surface area contributed by atoms with E-state index in [0.29, 0.717) is 0 Å². The zero-order valence-electron chi connectivity index (χ0n) is 7.62. The molecule has 0 bridgehead atoms. The second-order valence-corrected chi connectivity index (χ2v) is 3.69. The molecule has 0 radical (unpaired) electrons. The summed E-state index contributed by atoms with van der Waals surface area (Å²) in [5, 5.41) is 8.58. The molecule has 14 heavy (non-hydrogen) atoms. The molecule has 0 spiro atoms. The molecule has 72 valence electrons. The molecule has 0 fully saturated rings. The van der Waals surface area contributed by atoms with Crippen LogP contribution in [-0.4, -0.2) is 11.1 Å². The van der Waals surface area contributed by atoms with E-state index in [-0.39, 0.29) is 5.57 Å². The Morgan fingerprint density at radius 2 is 2.00 bits per heavy atom. The SMILES string of the molecule is CC(=C=Cc1ccc(Br)cc1)C(=O)O. The Kier molecular flexibility index (Phi) is 3.69. The monoisotopic (exact) mass is 252 g/mol. The molecule has 0 saturated carbocycles. The van der Waals surface area contributed by atoms with Gasteiger partial charge in [0.25, 0.3) is 0 Å². The molecule has 0 unspecified atom stereocenters. The van der Waals surface area contributed by atoms with Gasteiger partial charge in [0.2, 0.25) is 0 Å². The molecule has 1 aromatic rings. The van der Waals surface area contributed by atoms with Gasteiger partial charge in [-0.3, -0.25) is 0 Å². The molecular formula is C11H9BrO2. The molecule has 0 aliphatic heterocycles. The van der Waals surface area contributed by atoms with Gasteiger partial charge in [-0.2, -0.15) is 0 Å². The summed E-state index contributed by atoms with van der Waals surface area (Å²) in [6.07, 6.45) is 1.65. The summed E-state index contributed by atoms with van der Waals surface area (Å²) >= 11 is 3.32. The summed E-state index contributed by atoms with van der Waals surface area (Å²) < 4.78 is 0.994. The average Bonchev–Trinajstić information content (AvgIpc) is 2.16. The zero-order valence-corrected chi connectivity index (χ0v) is 9.21. The Labute approximate surface area is 90.7 Å². The predicted molar refractivity (Wildman–Crippen MR) is 58.9 cm³/mol. The fraction of sp³-hybridized carbons (Fsp3) is 0.0909. The van der Waals surface area contributed by atoms with Crippen molar-refractivity contribution < 1.29 is 9.90 Å². The summed E-state index contributed by atoms with van der Waals surface area (Å²) in [6.45, 7) is 1.51. The van der Waals surface area contributed by atoms with Crippen LogP contribution in [-0.2, 0) is 4.79 Å². The number of carboxylic acids is 1. The van der Waals surface area contributed by atoms with E-state index in [1.807, 2.05) is 24.3 Å². The Morgan fingerprint density at radius 1 is 1.43 bits per heavy atom. The van der Waals surface area contributed by atoms with Crippen LogP contribution in [0.5, 0.6) is 0 Å². The lowest BCUT2D eigenvalue weighted by Crippen LogP contribution is -1.93. The smallest absolute Gasteiger partial charge is 0.339 e. The van der Waals surface area contributed by atoms with Crippen LogP contribution in [0.3, 0.4) is 0 Å². The van der Waals surface area contributed by atoms with Gasteiger partial charge in [0.1, 0.15) is 0 Å². The molecule has 2 nitrogen and oxygen atoms in total. The third-order valence-electron chi connectivity index (χ3n) is 1.65. The van der Waals surface area contributed by atoms with Gasteiger partial charge >= 0.3 is 5.97 Å². The van der Waals surface area contributed by atoms with Crippen molar-refractivity contribution in [1.29, 1.82) is 0 Å². The van der Waals surface area contributed by atoms with Crippen molar-refractivity contribution in [2.75, 3.05) is 0 Å². The highest BCUT2D eigenvalue weighted by molar-refractivity contribution is 9.10. The molecule has 0 aliphatic rings. The Morgan fingerprint density at radius 3 is 2.50 bits per heavy atom. The summed E-state index contributed by atoms with van der Waals surface area (Å²) in [6, 6.07) is 7.55. The highest BCUT2D eigenvalue weighted by atomic mass is 79.9. The van der Waals surface area contributed by atoms with E-state index < -0.39 is 5.97 Å². The molecule has 1 N–H and O–H groups in total. The minimum atomic E-state index is -0.946. The fourth-order valence-electron chi connectivity index (χ4n) is 0.812. The van der Waals surface area contributed by atoms with Crippen LogP contribution >= 0.6 is 15.9 Å². The van der Waals surface area contributed by atoms with E-state index in [0.717, 1.165) is 10.0 Å². The van der Waals surface area contributed by atoms with Crippen molar-refractivity contribution in [3.8, 4) is 0 Å². The highest BCUT2D eigenvalue weighted by Crippen LogP contribution is 2.11. The predicted octanol–water partition coefficient (Wildman–Crippen LogP) is 3.09. The van der Waals surface area contributed by atoms with E-state index in [1.165, 1.54) is 6.92 Å². The topological polar surface area (TPSA) is 37.3 Å². The average molecular weight is 253 g/mol. The van der Waals surface area contributed by atoms with Crippen molar-refractivity contribution in [1.82, 2.24) is 0 Å². The van der Waals surface area contributed by atoms with Gasteiger partial charge in [-0.25, -0.2) is 4.79 Å². The standard InChI is InChI=1S/C11H9BrO2/c1-8(11(13)14)2-3-9-4-6-10(12)7-5-9/h3-7H,1H3,(H,13,14). The maximum atomic E-state index is 10.4. The summed E-state index contributed by atoms with van der Waals surface area (Å²) in [7, 11) is 0. The second kappa shape index (κ2) is 4.80. The first-order valence-corrected chi connectivity index (χ1v) is 4.81. The fourth-order valence-corrected chi connectivity index (χ4v) is 1.08. The highest BCUT2D eigenvalue weighted by Gasteiger charge is 1.95. The van der Waals surface area contributed by atoms with E-state index in [2.05, 4.69) is 21.7 Å². The Bertz CT molecular complexity index is 398. The summed E-state index contributed by atoms with van der Waals surface area (Å²) in [5.74, 6) is -0.946. The van der Waals surface area contributed by atoms with Gasteiger partial charge < -0.3 is 5.11 Å². The summed E-state index contributed by atoms with van der Waals surface area (Å²) in [4.78, 5) is 10.4. The molecule has 0 heterocycles. The normalized spacial score (nSPS) is 9.00. The molecular weight excluding hydrogens is 244 g/mol. The molecule has 1 rings (SSSR count). The molecule has 0 atom stereocenters. The number of halogens is 1. The molecule has 0 aromatic heterocycles. The summed E-state index contributed by atoms with van der Waals surface area (Å²) in [5.41, 5.74) is 3.82. The van der Waals surface area contributed by atoms with Crippen molar-refractivity contribution in [3.05, 3.63) is 45.6 Å². The molecule has 0 amide bonds. The van der Waals surface area contributed by atoms with Crippen molar-refractivity contribution in [2.45, 2.75) is 6.92 Å². The van der Waals surface area contributed by atoms with Gasteiger partial charge in [-0.05, 0) is 30.7 Å². The number of hydrogen-bond donors (Lipinski definition) is 1. The number of benzene rings is 1. The first-order valence-electron chi connectivity index (χ1n) is 4.02. The van der Waals surface area contributed by atoms with Gasteiger partial charge in [-0.1, -0.05) is 28.1 Å². The van der Waals surface area contributed by atoms with Crippen LogP contribution < -0.4 is 0 Å². The molecule has 3 heteroatoms. The minimum Gasteiger partial charge on any atom is -0.477 e. The minimum absolute atomic E-state index is 0.202. The van der Waals surface area contributed by atoms with E-state index >= 15 is 0 Å². The van der Waals surface area contributed by atoms with E-state index in [4.69, 9.17) is 5.11 Å². The third-order valence-corrected chi connectivity index (χ3v) is 2.17. The molecule has 1 aromatic carbocycles. The van der Waals surface area contributed by atoms with Crippen LogP contribution in [0, 0.1) is 0 Å². The van der Waals surface area contributed by atoms with Crippen molar-refractivity contribution in [2.24, 2.45) is 0 Å². The van der Waals surface area contributed by atoms with Gasteiger partial charge in [-0.15, -0.1) is 5.73 Å². The van der Waals surface area contributed by atoms with Crippen LogP contribution in [0.1, 0.15) is 12.5 Å². The van der Waals surface area contributed by atoms with Gasteiger partial charge in [0.15, 0.2) is 0 Å². The lowest BCUT2D eigenvalue weighted by Gasteiger charge is -1.91. The largest absolute Gasteiger partial charge is 0.477 e. The van der Waals surface area contributed by atoms with E-state index in [1.54, 1.807) is 6.08 Å². The van der Waals surface area contributed by atoms with Crippen LogP contribution in [0.2, 0.25) is 0 Å². The Hall–Kier alpha value is -1.31. The maximum absolute atomic E-state index is 10.4. The van der Waals surface area contributed by atoms with Gasteiger partial charge in [0, 0.05) is 4.47 Å². The zero-order chi connectivity index (χ0) is 10.6. The van der Waals surface area contributed by atoms with Crippen molar-refractivity contribution in [3.63, 3.8) is 0 Å². The quantitative estimate of drug-likeness (QED) is 0.649. The number of carboxylic acid groups (broad SMARTS) is 1. The lowest BCUT2D eigenvalue weighted by atomic mass is 10.2. The number of rotatable bonds is 2. The first-order chi connectivity index (χ1) is 6.59. The number of carbonyl (C=O) groups is 1. The van der Waals surface area contributed by atoms with Crippen molar-refractivity contribution >= 4 is 28.0 Å². The lowest BCUT2D eigenvalue weighted by molar-refractivity contribution is -0.132. The second-order valence-electron chi connectivity index (χ2n) is 2.77. The first kappa shape index (κ1) is 10.8. The molecule has 0 saturated heterocycles. The maximum Gasteiger partial charge on any atom is 0.339 e. The van der Waals surface area contributed by atoms with Gasteiger partial charge in [0.05, 0.1) is 5.57 Å². The third kappa shape index (κ3) is 3.21. The van der Waals surface area contributed by atoms with Crippen LogP contribution in [0.25, 0.3) is 6.08 Å². The van der Waals surface area contributed by atoms with Crippen LogP contribution in [0.15, 0.2) is 40.0 Å².